The van der Waals surface area contributed by atoms with Gasteiger partial charge in [-0.1, -0.05) is 84.9 Å². The third-order valence-electron chi connectivity index (χ3n) is 8.92. The van der Waals surface area contributed by atoms with E-state index >= 15 is 0 Å². The minimum atomic E-state index is -0.844. The lowest BCUT2D eigenvalue weighted by Gasteiger charge is -2.54. The number of phenolic OH excluding ortho intramolecular Hbond substituents is 1. The standard InChI is InChI=1S/C37H39N5O5/c1-39-25-35(44)41-33(21-26-13-17-30(43)18-14-26)36(45)40(23-32(28-9-5-3-6-10-28)29-11-7-4-8-12-29)24-34(41)42(39)37(46)38-22-27-15-19-31(47-2)20-16-27/h3-20,32-34,43H,21-25H2,1-2H3,(H,38,46)/t33-,34-/m0/s1. The number of aromatic hydroxyl groups is 1. The quantitative estimate of drug-likeness (QED) is 0.286. The fraction of sp³-hybridized carbons (Fsp3) is 0.270. The number of carbonyl (C=O) groups excluding carboxylic acids is 3. The van der Waals surface area contributed by atoms with Crippen molar-refractivity contribution >= 4 is 17.8 Å². The normalized spacial score (nSPS) is 18.3. The predicted octanol–water partition coefficient (Wildman–Crippen LogP) is 4.21. The Balaban J connectivity index is 1.33. The Labute approximate surface area is 274 Å². The van der Waals surface area contributed by atoms with Crippen molar-refractivity contribution < 1.29 is 24.2 Å². The van der Waals surface area contributed by atoms with E-state index in [0.717, 1.165) is 28.0 Å². The van der Waals surface area contributed by atoms with Crippen LogP contribution in [0.5, 0.6) is 11.5 Å². The van der Waals surface area contributed by atoms with Crippen molar-refractivity contribution in [3.63, 3.8) is 0 Å². The number of hydrogen-bond donors (Lipinski definition) is 2. The minimum absolute atomic E-state index is 0.0531. The Morgan fingerprint density at radius 2 is 1.47 bits per heavy atom. The van der Waals surface area contributed by atoms with E-state index in [0.29, 0.717) is 6.54 Å². The van der Waals surface area contributed by atoms with Crippen molar-refractivity contribution in [2.45, 2.75) is 31.1 Å². The Bertz CT molecular complexity index is 1640. The summed E-state index contributed by atoms with van der Waals surface area (Å²) >= 11 is 0. The molecule has 6 rings (SSSR count). The fourth-order valence-corrected chi connectivity index (χ4v) is 6.52. The number of urea groups is 1. The summed E-state index contributed by atoms with van der Waals surface area (Å²) in [5.41, 5.74) is 3.82. The Kier molecular flexibility index (Phi) is 9.40. The molecule has 0 bridgehead atoms. The first-order valence-electron chi connectivity index (χ1n) is 15.7. The maximum absolute atomic E-state index is 14.5. The van der Waals surface area contributed by atoms with Gasteiger partial charge in [0.1, 0.15) is 23.7 Å². The van der Waals surface area contributed by atoms with Crippen LogP contribution in [0.15, 0.2) is 109 Å². The summed E-state index contributed by atoms with van der Waals surface area (Å²) in [6.45, 7) is 0.732. The number of piperazine rings is 1. The number of ether oxygens (including phenoxy) is 1. The largest absolute Gasteiger partial charge is 0.508 e. The van der Waals surface area contributed by atoms with Crippen LogP contribution in [0.1, 0.15) is 28.2 Å². The highest BCUT2D eigenvalue weighted by Crippen LogP contribution is 2.32. The van der Waals surface area contributed by atoms with Gasteiger partial charge in [0.05, 0.1) is 20.2 Å². The molecule has 0 spiro atoms. The molecule has 4 aromatic carbocycles. The lowest BCUT2D eigenvalue weighted by Crippen LogP contribution is -2.76. The fourth-order valence-electron chi connectivity index (χ4n) is 6.52. The van der Waals surface area contributed by atoms with Crippen LogP contribution >= 0.6 is 0 Å². The number of methoxy groups -OCH3 is 1. The van der Waals surface area contributed by atoms with E-state index in [1.807, 2.05) is 60.7 Å². The maximum atomic E-state index is 14.5. The first-order valence-corrected chi connectivity index (χ1v) is 15.7. The molecule has 2 aliphatic rings. The van der Waals surface area contributed by atoms with Crippen molar-refractivity contribution in [1.82, 2.24) is 25.1 Å². The summed E-state index contributed by atoms with van der Waals surface area (Å²) < 4.78 is 5.25. The summed E-state index contributed by atoms with van der Waals surface area (Å²) in [6.07, 6.45) is -0.492. The SMILES string of the molecule is COc1ccc(CNC(=O)N2[C@H]3CN(CC(c4ccccc4)c4ccccc4)C(=O)[C@H](Cc4ccc(O)cc4)N3C(=O)CN2C)cc1. The third kappa shape index (κ3) is 6.92. The number of nitrogens with one attached hydrogen (secondary N) is 1. The van der Waals surface area contributed by atoms with Crippen LogP contribution in [-0.4, -0.2) is 88.8 Å². The summed E-state index contributed by atoms with van der Waals surface area (Å²) in [6, 6.07) is 33.0. The molecule has 2 heterocycles. The zero-order chi connectivity index (χ0) is 32.9. The lowest BCUT2D eigenvalue weighted by atomic mass is 9.89. The molecule has 2 aliphatic heterocycles. The van der Waals surface area contributed by atoms with E-state index in [2.05, 4.69) is 29.6 Å². The van der Waals surface area contributed by atoms with E-state index in [-0.39, 0.29) is 55.6 Å². The Morgan fingerprint density at radius 1 is 0.872 bits per heavy atom. The second-order valence-corrected chi connectivity index (χ2v) is 12.0. The number of benzene rings is 4. The lowest BCUT2D eigenvalue weighted by molar-refractivity contribution is -0.187. The molecule has 0 radical (unpaired) electrons. The van der Waals surface area contributed by atoms with Crippen LogP contribution in [0.2, 0.25) is 0 Å². The van der Waals surface area contributed by atoms with Gasteiger partial charge in [-0.3, -0.25) is 9.59 Å². The second-order valence-electron chi connectivity index (χ2n) is 12.0. The van der Waals surface area contributed by atoms with Gasteiger partial charge in [-0.15, -0.1) is 0 Å². The molecule has 47 heavy (non-hydrogen) atoms. The number of likely N-dealkylation sites (N-methyl/N-ethyl adjacent to an activating group) is 1. The Hall–Kier alpha value is -5.35. The minimum Gasteiger partial charge on any atom is -0.508 e. The van der Waals surface area contributed by atoms with Crippen molar-refractivity contribution in [1.29, 1.82) is 0 Å². The third-order valence-corrected chi connectivity index (χ3v) is 8.92. The van der Waals surface area contributed by atoms with E-state index in [1.54, 1.807) is 58.2 Å². The number of hydrazine groups is 1. The number of fused-ring (bicyclic) bond motifs is 1. The van der Waals surface area contributed by atoms with Gasteiger partial charge in [-0.05, 0) is 46.5 Å². The monoisotopic (exact) mass is 633 g/mol. The molecule has 4 aromatic rings. The van der Waals surface area contributed by atoms with Crippen molar-refractivity contribution in [3.8, 4) is 11.5 Å². The van der Waals surface area contributed by atoms with Gasteiger partial charge in [-0.2, -0.15) is 0 Å². The van der Waals surface area contributed by atoms with E-state index in [9.17, 15) is 19.5 Å². The van der Waals surface area contributed by atoms with Crippen molar-refractivity contribution in [2.75, 3.05) is 33.8 Å². The molecule has 2 N–H and O–H groups in total. The summed E-state index contributed by atoms with van der Waals surface area (Å²) in [7, 11) is 3.32. The smallest absolute Gasteiger partial charge is 0.334 e. The molecule has 10 nitrogen and oxygen atoms in total. The highest BCUT2D eigenvalue weighted by molar-refractivity contribution is 5.91. The molecule has 0 aromatic heterocycles. The van der Waals surface area contributed by atoms with Crippen LogP contribution < -0.4 is 10.1 Å². The number of phenols is 1. The summed E-state index contributed by atoms with van der Waals surface area (Å²) in [5.74, 6) is 0.309. The first kappa shape index (κ1) is 31.6. The molecule has 2 fully saturated rings. The van der Waals surface area contributed by atoms with Gasteiger partial charge >= 0.3 is 6.03 Å². The molecule has 0 aliphatic carbocycles. The molecular weight excluding hydrogens is 594 g/mol. The average Bonchev–Trinajstić information content (AvgIpc) is 3.09. The van der Waals surface area contributed by atoms with Gasteiger partial charge in [0.15, 0.2) is 0 Å². The maximum Gasteiger partial charge on any atom is 0.334 e. The molecule has 2 saturated heterocycles. The zero-order valence-corrected chi connectivity index (χ0v) is 26.5. The van der Waals surface area contributed by atoms with Crippen LogP contribution in [0, 0.1) is 0 Å². The van der Waals surface area contributed by atoms with Gasteiger partial charge in [-0.25, -0.2) is 14.8 Å². The number of carbonyl (C=O) groups is 3. The molecule has 4 amide bonds. The van der Waals surface area contributed by atoms with Crippen molar-refractivity contribution in [3.05, 3.63) is 131 Å². The van der Waals surface area contributed by atoms with Gasteiger partial charge in [0.25, 0.3) is 0 Å². The first-order chi connectivity index (χ1) is 22.8. The van der Waals surface area contributed by atoms with Crippen LogP contribution in [-0.2, 0) is 22.6 Å². The van der Waals surface area contributed by atoms with E-state index < -0.39 is 12.2 Å². The highest BCUT2D eigenvalue weighted by Gasteiger charge is 2.51. The topological polar surface area (TPSA) is 106 Å². The predicted molar refractivity (Wildman–Crippen MR) is 177 cm³/mol. The van der Waals surface area contributed by atoms with Crippen LogP contribution in [0.25, 0.3) is 0 Å². The highest BCUT2D eigenvalue weighted by atomic mass is 16.5. The molecule has 242 valence electrons. The number of rotatable bonds is 9. The second kappa shape index (κ2) is 14.0. The Morgan fingerprint density at radius 3 is 2.06 bits per heavy atom. The van der Waals surface area contributed by atoms with Gasteiger partial charge in [0.2, 0.25) is 11.8 Å². The van der Waals surface area contributed by atoms with Crippen molar-refractivity contribution in [2.24, 2.45) is 0 Å². The van der Waals surface area contributed by atoms with Crippen LogP contribution in [0.4, 0.5) is 4.79 Å². The molecule has 0 unspecified atom stereocenters. The molecule has 2 atom stereocenters. The van der Waals surface area contributed by atoms with Gasteiger partial charge < -0.3 is 25.0 Å². The average molecular weight is 634 g/mol. The summed E-state index contributed by atoms with van der Waals surface area (Å²) in [4.78, 5) is 45.5. The molecule has 10 heteroatoms. The van der Waals surface area contributed by atoms with E-state index in [1.165, 1.54) is 0 Å². The number of nitrogens with zero attached hydrogens (tertiary/aromatic N) is 4. The van der Waals surface area contributed by atoms with E-state index in [4.69, 9.17) is 4.74 Å². The number of hydrogen-bond acceptors (Lipinski definition) is 6. The molecule has 0 saturated carbocycles. The zero-order valence-electron chi connectivity index (χ0n) is 26.5. The van der Waals surface area contributed by atoms with Crippen LogP contribution in [0.3, 0.4) is 0 Å². The van der Waals surface area contributed by atoms with Gasteiger partial charge in [0, 0.05) is 32.5 Å². The molecular formula is C37H39N5O5. The summed E-state index contributed by atoms with van der Waals surface area (Å²) in [5, 5.41) is 16.1. The number of amides is 4.